The van der Waals surface area contributed by atoms with E-state index in [1.165, 1.54) is 11.3 Å². The molecule has 2 fully saturated rings. The first-order valence-corrected chi connectivity index (χ1v) is 10.8. The van der Waals surface area contributed by atoms with E-state index in [1.54, 1.807) is 31.2 Å². The van der Waals surface area contributed by atoms with E-state index in [2.05, 4.69) is 15.2 Å². The van der Waals surface area contributed by atoms with Crippen LogP contribution >= 0.6 is 11.3 Å². The smallest absolute Gasteiger partial charge is 0.250 e. The molecule has 26 heavy (non-hydrogen) atoms. The van der Waals surface area contributed by atoms with Crippen molar-refractivity contribution in [3.05, 3.63) is 28.5 Å². The minimum Gasteiger partial charge on any atom is -0.354 e. The molecular formula is C17H19N3O4S2. The Balaban J connectivity index is 1.49. The quantitative estimate of drug-likeness (QED) is 0.753. The van der Waals surface area contributed by atoms with Gasteiger partial charge in [-0.2, -0.15) is 0 Å². The Hall–Kier alpha value is -1.97. The number of thiophene rings is 1. The third kappa shape index (κ3) is 3.89. The summed E-state index contributed by atoms with van der Waals surface area (Å²) < 4.78 is 32.7. The first-order chi connectivity index (χ1) is 12.4. The largest absolute Gasteiger partial charge is 0.354 e. The molecule has 1 amide bonds. The molecule has 2 aromatic heterocycles. The lowest BCUT2D eigenvalue weighted by Gasteiger charge is -2.02. The number of aryl methyl sites for hydroxylation is 1. The molecule has 7 nitrogen and oxygen atoms in total. The van der Waals surface area contributed by atoms with E-state index in [1.807, 2.05) is 0 Å². The summed E-state index contributed by atoms with van der Waals surface area (Å²) in [5, 5.41) is 6.77. The van der Waals surface area contributed by atoms with Gasteiger partial charge in [0.15, 0.2) is 5.76 Å². The van der Waals surface area contributed by atoms with Gasteiger partial charge in [-0.1, -0.05) is 5.16 Å². The molecule has 0 radical (unpaired) electrons. The van der Waals surface area contributed by atoms with Crippen molar-refractivity contribution in [3.8, 4) is 0 Å². The summed E-state index contributed by atoms with van der Waals surface area (Å²) in [6.07, 6.45) is 7.09. The van der Waals surface area contributed by atoms with Crippen molar-refractivity contribution < 1.29 is 17.7 Å². The number of hydrogen-bond donors (Lipinski definition) is 2. The van der Waals surface area contributed by atoms with E-state index in [-0.39, 0.29) is 17.9 Å². The molecule has 2 aliphatic rings. The third-order valence-electron chi connectivity index (χ3n) is 4.25. The van der Waals surface area contributed by atoms with E-state index in [0.717, 1.165) is 30.6 Å². The Bertz CT molecular complexity index is 966. The van der Waals surface area contributed by atoms with Gasteiger partial charge in [0.05, 0.1) is 0 Å². The van der Waals surface area contributed by atoms with Gasteiger partial charge in [-0.15, -0.1) is 11.3 Å². The highest BCUT2D eigenvalue weighted by atomic mass is 32.2. The summed E-state index contributed by atoms with van der Waals surface area (Å²) in [5.41, 5.74) is 1.18. The molecule has 2 saturated carbocycles. The number of amides is 1. The fourth-order valence-corrected chi connectivity index (χ4v) is 4.98. The molecule has 0 bridgehead atoms. The average Bonchev–Trinajstić information content (AvgIpc) is 3.51. The van der Waals surface area contributed by atoms with Crippen LogP contribution in [0.25, 0.3) is 12.2 Å². The normalized spacial score (nSPS) is 17.7. The van der Waals surface area contributed by atoms with Crippen LogP contribution < -0.4 is 10.0 Å². The highest BCUT2D eigenvalue weighted by molar-refractivity contribution is 7.91. The first kappa shape index (κ1) is 17.4. The van der Waals surface area contributed by atoms with E-state index >= 15 is 0 Å². The maximum absolute atomic E-state index is 12.2. The first-order valence-electron chi connectivity index (χ1n) is 8.50. The van der Waals surface area contributed by atoms with Crippen molar-refractivity contribution in [1.29, 1.82) is 0 Å². The number of nitrogens with zero attached hydrogens (tertiary/aromatic N) is 1. The molecule has 0 saturated heterocycles. The minimum absolute atomic E-state index is 0.0124. The summed E-state index contributed by atoms with van der Waals surface area (Å²) >= 11 is 1.18. The van der Waals surface area contributed by atoms with Crippen molar-refractivity contribution in [2.75, 3.05) is 5.32 Å². The van der Waals surface area contributed by atoms with E-state index in [4.69, 9.17) is 4.52 Å². The lowest BCUT2D eigenvalue weighted by Crippen LogP contribution is -2.24. The Morgan fingerprint density at radius 1 is 1.27 bits per heavy atom. The zero-order chi connectivity index (χ0) is 18.3. The van der Waals surface area contributed by atoms with E-state index in [0.29, 0.717) is 21.4 Å². The van der Waals surface area contributed by atoms with Crippen molar-refractivity contribution in [2.45, 2.75) is 42.9 Å². The number of sulfonamides is 1. The molecule has 2 aromatic rings. The van der Waals surface area contributed by atoms with Crippen LogP contribution in [0.1, 0.15) is 42.0 Å². The highest BCUT2D eigenvalue weighted by Gasteiger charge is 2.31. The van der Waals surface area contributed by atoms with Crippen LogP contribution in [0.15, 0.2) is 20.9 Å². The van der Waals surface area contributed by atoms with Gasteiger partial charge in [0.1, 0.15) is 15.6 Å². The van der Waals surface area contributed by atoms with Gasteiger partial charge in [-0.05, 0) is 56.9 Å². The van der Waals surface area contributed by atoms with Gasteiger partial charge in [-0.25, -0.2) is 13.1 Å². The van der Waals surface area contributed by atoms with Gasteiger partial charge < -0.3 is 9.84 Å². The topological polar surface area (TPSA) is 101 Å². The zero-order valence-corrected chi connectivity index (χ0v) is 15.8. The van der Waals surface area contributed by atoms with Gasteiger partial charge in [-0.3, -0.25) is 4.79 Å². The van der Waals surface area contributed by atoms with E-state index in [9.17, 15) is 13.2 Å². The van der Waals surface area contributed by atoms with Crippen LogP contribution in [0, 0.1) is 12.8 Å². The Labute approximate surface area is 155 Å². The molecular weight excluding hydrogens is 374 g/mol. The maximum atomic E-state index is 12.2. The summed E-state index contributed by atoms with van der Waals surface area (Å²) in [7, 11) is -3.44. The van der Waals surface area contributed by atoms with Crippen molar-refractivity contribution in [1.82, 2.24) is 9.88 Å². The number of nitrogens with one attached hydrogen (secondary N) is 2. The van der Waals surface area contributed by atoms with Crippen molar-refractivity contribution in [3.63, 3.8) is 0 Å². The SMILES string of the molecule is Cc1noc(/C=C/c2ccc(S(=O)(=O)NC3CC3)s2)c1NC(=O)C1CC1. The van der Waals surface area contributed by atoms with Gasteiger partial charge >= 0.3 is 0 Å². The summed E-state index contributed by atoms with van der Waals surface area (Å²) in [5.74, 6) is 0.525. The molecule has 2 heterocycles. The number of anilines is 1. The van der Waals surface area contributed by atoms with Crippen molar-refractivity contribution >= 4 is 45.1 Å². The fraction of sp³-hybridized carbons (Fsp3) is 0.412. The molecule has 138 valence electrons. The monoisotopic (exact) mass is 393 g/mol. The molecule has 0 aliphatic heterocycles. The van der Waals surface area contributed by atoms with Gasteiger partial charge in [0.2, 0.25) is 15.9 Å². The molecule has 4 rings (SSSR count). The number of rotatable bonds is 7. The minimum atomic E-state index is -3.44. The fourth-order valence-electron chi connectivity index (χ4n) is 2.43. The number of hydrogen-bond acceptors (Lipinski definition) is 6. The molecule has 0 spiro atoms. The average molecular weight is 393 g/mol. The predicted molar refractivity (Wildman–Crippen MR) is 99.2 cm³/mol. The van der Waals surface area contributed by atoms with E-state index < -0.39 is 10.0 Å². The molecule has 2 aliphatic carbocycles. The van der Waals surface area contributed by atoms with Crippen LogP contribution in [0.5, 0.6) is 0 Å². The van der Waals surface area contributed by atoms with Gasteiger partial charge in [0.25, 0.3) is 0 Å². The second-order valence-corrected chi connectivity index (χ2v) is 9.71. The molecule has 0 unspecified atom stereocenters. The molecule has 2 N–H and O–H groups in total. The summed E-state index contributed by atoms with van der Waals surface area (Å²) in [6, 6.07) is 3.42. The Morgan fingerprint density at radius 2 is 2.04 bits per heavy atom. The molecule has 0 aromatic carbocycles. The van der Waals surface area contributed by atoms with Crippen LogP contribution in [0.2, 0.25) is 0 Å². The standard InChI is InChI=1S/C17H19N3O4S2/c1-10-16(18-17(21)11-2-3-11)14(24-19-10)8-6-13-7-9-15(25-13)26(22,23)20-12-4-5-12/h6-9,11-12,20H,2-5H2,1H3,(H,18,21)/b8-6+. The second kappa shape index (κ2) is 6.64. The maximum Gasteiger partial charge on any atom is 0.250 e. The van der Waals surface area contributed by atoms with Gasteiger partial charge in [0, 0.05) is 16.8 Å². The van der Waals surface area contributed by atoms with Crippen LogP contribution in [0.4, 0.5) is 5.69 Å². The summed E-state index contributed by atoms with van der Waals surface area (Å²) in [6.45, 7) is 1.77. The number of carbonyl (C=O) groups excluding carboxylic acids is 1. The predicted octanol–water partition coefficient (Wildman–Crippen LogP) is 3.00. The molecule has 0 atom stereocenters. The third-order valence-corrected chi connectivity index (χ3v) is 7.31. The van der Waals surface area contributed by atoms with Crippen molar-refractivity contribution in [2.24, 2.45) is 5.92 Å². The highest BCUT2D eigenvalue weighted by Crippen LogP contribution is 2.32. The molecule has 9 heteroatoms. The Kier molecular flexibility index (Phi) is 4.45. The Morgan fingerprint density at radius 3 is 2.73 bits per heavy atom. The van der Waals surface area contributed by atoms with Crippen LogP contribution in [0.3, 0.4) is 0 Å². The van der Waals surface area contributed by atoms with Crippen LogP contribution in [-0.4, -0.2) is 25.5 Å². The number of aromatic nitrogens is 1. The second-order valence-electron chi connectivity index (χ2n) is 6.66. The van der Waals surface area contributed by atoms with Crippen LogP contribution in [-0.2, 0) is 14.8 Å². The lowest BCUT2D eigenvalue weighted by molar-refractivity contribution is -0.117. The summed E-state index contributed by atoms with van der Waals surface area (Å²) in [4.78, 5) is 12.8. The number of carbonyl (C=O) groups is 1. The zero-order valence-electron chi connectivity index (χ0n) is 14.2. The lowest BCUT2D eigenvalue weighted by atomic mass is 10.2.